The standard InChI is InChI=1S/C26H31N3O4/c1-6-23(2,3)26-25(32,14-18-21(30)28-13-7-8-17(28)22(31)29(18)26)16-10-9-15-11-12-24(4,5)33-20(15)19(16)27-26/h6,9-12,17-18,27,32H,1,7-8,13-14H2,2-5H3/t17-,18+,25+,26+/m0/s1. The lowest BCUT2D eigenvalue weighted by molar-refractivity contribution is -0.169. The van der Waals surface area contributed by atoms with Crippen LogP contribution in [0.15, 0.2) is 30.9 Å². The number of anilines is 1. The second-order valence-corrected chi connectivity index (χ2v) is 11.2. The molecule has 3 saturated heterocycles. The van der Waals surface area contributed by atoms with Crippen LogP contribution in [0.5, 0.6) is 5.75 Å². The number of fused-ring (bicyclic) bond motifs is 8. The van der Waals surface area contributed by atoms with Gasteiger partial charge in [-0.3, -0.25) is 9.59 Å². The van der Waals surface area contributed by atoms with Gasteiger partial charge in [0.05, 0.1) is 5.69 Å². The van der Waals surface area contributed by atoms with E-state index in [1.807, 2.05) is 52.0 Å². The molecule has 4 atom stereocenters. The third-order valence-electron chi connectivity index (χ3n) is 8.52. The van der Waals surface area contributed by atoms with E-state index < -0.39 is 34.4 Å². The first-order chi connectivity index (χ1) is 15.5. The van der Waals surface area contributed by atoms with Gasteiger partial charge in [-0.05, 0) is 32.8 Å². The van der Waals surface area contributed by atoms with Gasteiger partial charge in [0, 0.05) is 29.5 Å². The highest BCUT2D eigenvalue weighted by Crippen LogP contribution is 2.65. The number of piperazine rings is 1. The Balaban J connectivity index is 1.60. The summed E-state index contributed by atoms with van der Waals surface area (Å²) in [6.45, 7) is 12.5. The Morgan fingerprint density at radius 2 is 2.00 bits per heavy atom. The maximum absolute atomic E-state index is 13.9. The highest BCUT2D eigenvalue weighted by atomic mass is 16.5. The molecule has 1 aromatic carbocycles. The Morgan fingerprint density at radius 1 is 1.24 bits per heavy atom. The zero-order valence-corrected chi connectivity index (χ0v) is 19.6. The molecule has 2 N–H and O–H groups in total. The van der Waals surface area contributed by atoms with Gasteiger partial charge in [-0.15, -0.1) is 6.58 Å². The summed E-state index contributed by atoms with van der Waals surface area (Å²) < 4.78 is 6.35. The van der Waals surface area contributed by atoms with Crippen LogP contribution >= 0.6 is 0 Å². The molecular formula is C26H31N3O4. The fourth-order valence-corrected chi connectivity index (χ4v) is 6.81. The Labute approximate surface area is 194 Å². The maximum Gasteiger partial charge on any atom is 0.248 e. The number of rotatable bonds is 2. The van der Waals surface area contributed by atoms with Crippen molar-refractivity contribution in [3.63, 3.8) is 0 Å². The maximum atomic E-state index is 13.9. The number of nitrogens with one attached hydrogen (secondary N) is 1. The molecule has 0 bridgehead atoms. The van der Waals surface area contributed by atoms with Crippen LogP contribution in [-0.4, -0.2) is 56.6 Å². The van der Waals surface area contributed by atoms with E-state index in [0.717, 1.165) is 12.0 Å². The quantitative estimate of drug-likeness (QED) is 0.679. The number of benzene rings is 1. The molecule has 0 aliphatic carbocycles. The summed E-state index contributed by atoms with van der Waals surface area (Å²) in [6, 6.07) is 2.66. The summed E-state index contributed by atoms with van der Waals surface area (Å²) >= 11 is 0. The number of amides is 2. The molecule has 7 heteroatoms. The minimum absolute atomic E-state index is 0.0687. The van der Waals surface area contributed by atoms with E-state index in [2.05, 4.69) is 11.9 Å². The Hall–Kier alpha value is -2.80. The number of carbonyl (C=O) groups excluding carboxylic acids is 2. The van der Waals surface area contributed by atoms with Crippen molar-refractivity contribution >= 4 is 23.6 Å². The molecule has 6 rings (SSSR count). The zero-order chi connectivity index (χ0) is 23.6. The van der Waals surface area contributed by atoms with Gasteiger partial charge in [0.2, 0.25) is 11.8 Å². The van der Waals surface area contributed by atoms with E-state index in [4.69, 9.17) is 4.74 Å². The lowest BCUT2D eigenvalue weighted by Gasteiger charge is -2.54. The van der Waals surface area contributed by atoms with Crippen LogP contribution in [0, 0.1) is 5.41 Å². The molecule has 7 nitrogen and oxygen atoms in total. The molecule has 5 aliphatic heterocycles. The molecule has 0 saturated carbocycles. The highest BCUT2D eigenvalue weighted by Gasteiger charge is 2.76. The summed E-state index contributed by atoms with van der Waals surface area (Å²) in [4.78, 5) is 30.8. The van der Waals surface area contributed by atoms with Crippen molar-refractivity contribution < 1.29 is 19.4 Å². The van der Waals surface area contributed by atoms with Gasteiger partial charge in [0.1, 0.15) is 23.3 Å². The molecule has 0 aromatic heterocycles. The minimum Gasteiger partial charge on any atom is -0.481 e. The molecule has 5 aliphatic rings. The average molecular weight is 450 g/mol. The molecular weight excluding hydrogens is 418 g/mol. The number of hydrogen-bond acceptors (Lipinski definition) is 5. The number of carbonyl (C=O) groups is 2. The van der Waals surface area contributed by atoms with E-state index in [1.54, 1.807) is 15.9 Å². The van der Waals surface area contributed by atoms with Crippen molar-refractivity contribution in [1.29, 1.82) is 0 Å². The van der Waals surface area contributed by atoms with E-state index in [0.29, 0.717) is 30.0 Å². The van der Waals surface area contributed by atoms with Crippen molar-refractivity contribution in [3.05, 3.63) is 42.0 Å². The Kier molecular flexibility index (Phi) is 3.78. The molecule has 3 fully saturated rings. The average Bonchev–Trinajstić information content (AvgIpc) is 3.41. The van der Waals surface area contributed by atoms with Gasteiger partial charge in [-0.2, -0.15) is 0 Å². The van der Waals surface area contributed by atoms with Crippen LogP contribution in [0.4, 0.5) is 5.69 Å². The van der Waals surface area contributed by atoms with E-state index in [-0.39, 0.29) is 18.2 Å². The number of ether oxygens (including phenoxy) is 1. The monoisotopic (exact) mass is 449 g/mol. The summed E-state index contributed by atoms with van der Waals surface area (Å²) in [5.41, 5.74) is -1.75. The topological polar surface area (TPSA) is 82.1 Å². The second-order valence-electron chi connectivity index (χ2n) is 11.2. The van der Waals surface area contributed by atoms with Gasteiger partial charge >= 0.3 is 0 Å². The fourth-order valence-electron chi connectivity index (χ4n) is 6.81. The van der Waals surface area contributed by atoms with Crippen molar-refractivity contribution in [1.82, 2.24) is 9.80 Å². The molecule has 33 heavy (non-hydrogen) atoms. The molecule has 2 amide bonds. The predicted octanol–water partition coefficient (Wildman–Crippen LogP) is 3.00. The van der Waals surface area contributed by atoms with Gasteiger partial charge in [0.25, 0.3) is 0 Å². The number of nitrogens with zero attached hydrogens (tertiary/aromatic N) is 2. The van der Waals surface area contributed by atoms with E-state index in [1.165, 1.54) is 0 Å². The van der Waals surface area contributed by atoms with E-state index in [9.17, 15) is 14.7 Å². The minimum atomic E-state index is -1.49. The SMILES string of the molecule is C=CC(C)(C)[C@]12Nc3c(ccc4c3OC(C)(C)C=C4)[C@]1(O)C[C@@H]1C(=O)N3CCC[C@H]3C(=O)N12. The largest absolute Gasteiger partial charge is 0.481 e. The smallest absolute Gasteiger partial charge is 0.248 e. The summed E-state index contributed by atoms with van der Waals surface area (Å²) in [5.74, 6) is 0.496. The van der Waals surface area contributed by atoms with Gasteiger partial charge in [-0.25, -0.2) is 0 Å². The highest BCUT2D eigenvalue weighted by molar-refractivity contribution is 6.00. The summed E-state index contributed by atoms with van der Waals surface area (Å²) in [7, 11) is 0. The predicted molar refractivity (Wildman–Crippen MR) is 124 cm³/mol. The molecule has 0 radical (unpaired) electrons. The van der Waals surface area contributed by atoms with Crippen molar-refractivity contribution in [2.45, 2.75) is 75.9 Å². The molecule has 174 valence electrons. The fraction of sp³-hybridized carbons (Fsp3) is 0.538. The summed E-state index contributed by atoms with van der Waals surface area (Å²) in [5, 5.41) is 16.1. The van der Waals surface area contributed by atoms with Crippen LogP contribution in [0.2, 0.25) is 0 Å². The molecule has 5 heterocycles. The van der Waals surface area contributed by atoms with Crippen LogP contribution in [0.25, 0.3) is 6.08 Å². The zero-order valence-electron chi connectivity index (χ0n) is 19.6. The molecule has 1 aromatic rings. The normalized spacial score (nSPS) is 35.3. The number of aliphatic hydroxyl groups is 1. The number of hydrogen-bond donors (Lipinski definition) is 2. The summed E-state index contributed by atoms with van der Waals surface area (Å²) in [6.07, 6.45) is 7.42. The van der Waals surface area contributed by atoms with Gasteiger partial charge in [-0.1, -0.05) is 38.1 Å². The lowest BCUT2D eigenvalue weighted by Crippen LogP contribution is -2.73. The Morgan fingerprint density at radius 3 is 2.73 bits per heavy atom. The van der Waals surface area contributed by atoms with Gasteiger partial charge in [0.15, 0.2) is 11.4 Å². The molecule has 0 unspecified atom stereocenters. The molecule has 0 spiro atoms. The van der Waals surface area contributed by atoms with Crippen LogP contribution in [0.1, 0.15) is 58.1 Å². The van der Waals surface area contributed by atoms with Crippen LogP contribution in [-0.2, 0) is 15.2 Å². The Bertz CT molecular complexity index is 1150. The van der Waals surface area contributed by atoms with Crippen molar-refractivity contribution in [2.24, 2.45) is 5.41 Å². The van der Waals surface area contributed by atoms with E-state index >= 15 is 0 Å². The van der Waals surface area contributed by atoms with Gasteiger partial charge < -0.3 is 25.0 Å². The first-order valence-electron chi connectivity index (χ1n) is 11.8. The van der Waals surface area contributed by atoms with Crippen LogP contribution in [0.3, 0.4) is 0 Å². The third-order valence-corrected chi connectivity index (χ3v) is 8.52. The second kappa shape index (κ2) is 6.00. The van der Waals surface area contributed by atoms with Crippen molar-refractivity contribution in [2.75, 3.05) is 11.9 Å². The first kappa shape index (κ1) is 20.8. The lowest BCUT2D eigenvalue weighted by atomic mass is 9.68. The first-order valence-corrected chi connectivity index (χ1v) is 11.8. The van der Waals surface area contributed by atoms with Crippen molar-refractivity contribution in [3.8, 4) is 5.75 Å². The third kappa shape index (κ3) is 2.24. The van der Waals surface area contributed by atoms with Crippen LogP contribution < -0.4 is 10.1 Å².